The van der Waals surface area contributed by atoms with Gasteiger partial charge in [-0.1, -0.05) is 53.2 Å². The second kappa shape index (κ2) is 11.6. The summed E-state index contributed by atoms with van der Waals surface area (Å²) >= 11 is 0. The summed E-state index contributed by atoms with van der Waals surface area (Å²) in [7, 11) is 1.99. The van der Waals surface area contributed by atoms with E-state index < -0.39 is 0 Å². The van der Waals surface area contributed by atoms with Gasteiger partial charge in [-0.3, -0.25) is 4.68 Å². The van der Waals surface area contributed by atoms with Gasteiger partial charge in [-0.15, -0.1) is 5.10 Å². The van der Waals surface area contributed by atoms with Crippen LogP contribution in [0.5, 0.6) is 0 Å². The van der Waals surface area contributed by atoms with Crippen LogP contribution in [0, 0.1) is 0 Å². The first-order valence-corrected chi connectivity index (χ1v) is 6.75. The van der Waals surface area contributed by atoms with Crippen LogP contribution in [0.2, 0.25) is 0 Å². The number of fused-ring (bicyclic) bond motifs is 1. The van der Waals surface area contributed by atoms with E-state index in [1.165, 1.54) is 43.5 Å². The van der Waals surface area contributed by atoms with Crippen molar-refractivity contribution in [2.75, 3.05) is 0 Å². The van der Waals surface area contributed by atoms with Gasteiger partial charge in [0, 0.05) is 7.05 Å². The zero-order chi connectivity index (χ0) is 12.4. The summed E-state index contributed by atoms with van der Waals surface area (Å²) in [6.07, 6.45) is 7.60. The highest BCUT2D eigenvalue weighted by molar-refractivity contribution is 5.10. The van der Waals surface area contributed by atoms with Gasteiger partial charge in [-0.05, 0) is 25.7 Å². The molecule has 0 fully saturated rings. The molecule has 0 aliphatic heterocycles. The van der Waals surface area contributed by atoms with Gasteiger partial charge in [-0.2, -0.15) is 0 Å². The molecule has 1 aromatic heterocycles. The van der Waals surface area contributed by atoms with Gasteiger partial charge in [0.05, 0.1) is 11.4 Å². The Labute approximate surface area is 108 Å². The van der Waals surface area contributed by atoms with Gasteiger partial charge >= 0.3 is 0 Å². The number of rotatable bonds is 0. The summed E-state index contributed by atoms with van der Waals surface area (Å²) in [4.78, 5) is 0. The molecule has 0 spiro atoms. The second-order valence-corrected chi connectivity index (χ2v) is 3.52. The van der Waals surface area contributed by atoms with Crippen molar-refractivity contribution in [1.29, 1.82) is 0 Å². The van der Waals surface area contributed by atoms with Crippen LogP contribution in [0.3, 0.4) is 0 Å². The number of aryl methyl sites for hydroxylation is 2. The molecule has 0 aromatic carbocycles. The molecule has 1 aliphatic carbocycles. The first-order chi connectivity index (χ1) is 7.88. The van der Waals surface area contributed by atoms with E-state index in [1.54, 1.807) is 0 Å². The van der Waals surface area contributed by atoms with Crippen molar-refractivity contribution in [2.24, 2.45) is 7.05 Å². The number of nitrogens with zero attached hydrogens (tertiary/aromatic N) is 3. The Bertz CT molecular complexity index is 266. The van der Waals surface area contributed by atoms with Crippen LogP contribution < -0.4 is 0 Å². The summed E-state index contributed by atoms with van der Waals surface area (Å²) in [5, 5.41) is 8.22. The van der Waals surface area contributed by atoms with E-state index in [-0.39, 0.29) is 7.43 Å². The fourth-order valence-corrected chi connectivity index (χ4v) is 1.86. The molecule has 1 aromatic rings. The summed E-state index contributed by atoms with van der Waals surface area (Å²) in [6, 6.07) is 0. The molecule has 0 radical (unpaired) electrons. The lowest BCUT2D eigenvalue weighted by Gasteiger charge is -2.08. The fraction of sp³-hybridized carbons (Fsp3) is 0.857. The lowest BCUT2D eigenvalue weighted by molar-refractivity contribution is 0.591. The van der Waals surface area contributed by atoms with E-state index in [0.717, 1.165) is 6.42 Å². The molecule has 0 atom stereocenters. The molecule has 2 rings (SSSR count). The average Bonchev–Trinajstić information content (AvgIpc) is 2.64. The summed E-state index contributed by atoms with van der Waals surface area (Å²) < 4.78 is 1.93. The summed E-state index contributed by atoms with van der Waals surface area (Å²) in [6.45, 7) is 8.00. The molecule has 1 aliphatic rings. The minimum absolute atomic E-state index is 0. The first-order valence-electron chi connectivity index (χ1n) is 6.75. The molecule has 0 N–H and O–H groups in total. The SMILES string of the molecule is C.CC.CC.Cn1nnc2c1CCCCCC2. The fourth-order valence-electron chi connectivity index (χ4n) is 1.86. The van der Waals surface area contributed by atoms with Crippen LogP contribution in [-0.4, -0.2) is 15.0 Å². The molecule has 0 amide bonds. The maximum Gasteiger partial charge on any atom is 0.0859 e. The lowest BCUT2D eigenvalue weighted by atomic mass is 10.0. The Balaban J connectivity index is 0. The number of hydrogen-bond donors (Lipinski definition) is 0. The van der Waals surface area contributed by atoms with Gasteiger partial charge < -0.3 is 0 Å². The molecular formula is C14H31N3. The minimum Gasteiger partial charge on any atom is -0.252 e. The van der Waals surface area contributed by atoms with Crippen LogP contribution in [-0.2, 0) is 19.9 Å². The van der Waals surface area contributed by atoms with Crippen molar-refractivity contribution in [1.82, 2.24) is 15.0 Å². The van der Waals surface area contributed by atoms with Crippen LogP contribution in [0.25, 0.3) is 0 Å². The molecule has 0 unspecified atom stereocenters. The molecule has 3 nitrogen and oxygen atoms in total. The van der Waals surface area contributed by atoms with E-state index in [2.05, 4.69) is 10.3 Å². The van der Waals surface area contributed by atoms with E-state index in [9.17, 15) is 0 Å². The topological polar surface area (TPSA) is 30.7 Å². The maximum absolute atomic E-state index is 4.17. The summed E-state index contributed by atoms with van der Waals surface area (Å²) in [5.41, 5.74) is 2.59. The standard InChI is InChI=1S/C9H15N3.2C2H6.CH4/c1-12-9-7-5-3-2-4-6-8(9)10-11-12;2*1-2;/h2-7H2,1H3;2*1-2H3;1H4. The number of hydrogen-bond acceptors (Lipinski definition) is 2. The molecule has 3 heteroatoms. The van der Waals surface area contributed by atoms with E-state index >= 15 is 0 Å². The predicted molar refractivity (Wildman–Crippen MR) is 76.3 cm³/mol. The van der Waals surface area contributed by atoms with Crippen molar-refractivity contribution in [3.8, 4) is 0 Å². The zero-order valence-electron chi connectivity index (χ0n) is 11.6. The Kier molecular flexibility index (Phi) is 12.6. The lowest BCUT2D eigenvalue weighted by Crippen LogP contribution is -2.03. The smallest absolute Gasteiger partial charge is 0.0859 e. The maximum atomic E-state index is 4.17. The quantitative estimate of drug-likeness (QED) is 0.682. The highest BCUT2D eigenvalue weighted by Gasteiger charge is 2.11. The molecule has 17 heavy (non-hydrogen) atoms. The molecule has 0 bridgehead atoms. The Morgan fingerprint density at radius 2 is 1.41 bits per heavy atom. The largest absolute Gasteiger partial charge is 0.252 e. The van der Waals surface area contributed by atoms with Crippen LogP contribution in [0.4, 0.5) is 0 Å². The third-order valence-corrected chi connectivity index (χ3v) is 2.60. The van der Waals surface area contributed by atoms with E-state index in [0.29, 0.717) is 0 Å². The van der Waals surface area contributed by atoms with Crippen LogP contribution >= 0.6 is 0 Å². The highest BCUT2D eigenvalue weighted by Crippen LogP contribution is 2.16. The monoisotopic (exact) mass is 241 g/mol. The zero-order valence-corrected chi connectivity index (χ0v) is 11.6. The third-order valence-electron chi connectivity index (χ3n) is 2.60. The van der Waals surface area contributed by atoms with Gasteiger partial charge in [0.2, 0.25) is 0 Å². The van der Waals surface area contributed by atoms with Gasteiger partial charge in [0.15, 0.2) is 0 Å². The Morgan fingerprint density at radius 1 is 0.882 bits per heavy atom. The molecular weight excluding hydrogens is 210 g/mol. The molecule has 102 valence electrons. The number of aromatic nitrogens is 3. The first kappa shape index (κ1) is 18.5. The van der Waals surface area contributed by atoms with Crippen molar-refractivity contribution < 1.29 is 0 Å². The van der Waals surface area contributed by atoms with Crippen molar-refractivity contribution >= 4 is 0 Å². The summed E-state index contributed by atoms with van der Waals surface area (Å²) in [5.74, 6) is 0. The van der Waals surface area contributed by atoms with Gasteiger partial charge in [0.1, 0.15) is 0 Å². The van der Waals surface area contributed by atoms with Crippen molar-refractivity contribution in [3.05, 3.63) is 11.4 Å². The average molecular weight is 241 g/mol. The van der Waals surface area contributed by atoms with Gasteiger partial charge in [0.25, 0.3) is 0 Å². The molecule has 0 saturated carbocycles. The highest BCUT2D eigenvalue weighted by atomic mass is 15.4. The Hall–Kier alpha value is -0.860. The van der Waals surface area contributed by atoms with Crippen molar-refractivity contribution in [3.63, 3.8) is 0 Å². The molecule has 0 saturated heterocycles. The second-order valence-electron chi connectivity index (χ2n) is 3.52. The van der Waals surface area contributed by atoms with Crippen LogP contribution in [0.1, 0.15) is 72.2 Å². The van der Waals surface area contributed by atoms with E-state index in [1.807, 2.05) is 39.4 Å². The molecule has 1 heterocycles. The normalized spacial score (nSPS) is 13.5. The van der Waals surface area contributed by atoms with Crippen LogP contribution in [0.15, 0.2) is 0 Å². The van der Waals surface area contributed by atoms with Crippen molar-refractivity contribution in [2.45, 2.75) is 73.6 Å². The predicted octanol–water partition coefficient (Wildman–Crippen LogP) is 4.16. The minimum atomic E-state index is 0. The van der Waals surface area contributed by atoms with E-state index in [4.69, 9.17) is 0 Å². The Morgan fingerprint density at radius 3 is 2.00 bits per heavy atom. The third kappa shape index (κ3) is 5.85. The van der Waals surface area contributed by atoms with Gasteiger partial charge in [-0.25, -0.2) is 0 Å².